The molecule has 0 radical (unpaired) electrons. The van der Waals surface area contributed by atoms with Crippen LogP contribution in [0.4, 0.5) is 0 Å². The predicted molar refractivity (Wildman–Crippen MR) is 75.2 cm³/mol. The number of carbonyl (C=O) groups is 2. The minimum Gasteiger partial charge on any atom is -0.368 e. The van der Waals surface area contributed by atoms with Gasteiger partial charge in [0.1, 0.15) is 6.04 Å². The van der Waals surface area contributed by atoms with Crippen LogP contribution in [0.15, 0.2) is 0 Å². The van der Waals surface area contributed by atoms with Gasteiger partial charge in [-0.1, -0.05) is 33.1 Å². The van der Waals surface area contributed by atoms with Crippen molar-refractivity contribution in [3.8, 4) is 0 Å². The van der Waals surface area contributed by atoms with Gasteiger partial charge in [-0.15, -0.1) is 0 Å². The Morgan fingerprint density at radius 1 is 1.21 bits per heavy atom. The SMILES string of the molecule is CC(C)C(NC(=O)CC1(CN)CCCCC1)C(N)=O. The van der Waals surface area contributed by atoms with Gasteiger partial charge in [-0.05, 0) is 30.7 Å². The highest BCUT2D eigenvalue weighted by molar-refractivity contribution is 5.87. The molecule has 0 spiro atoms. The number of nitrogens with one attached hydrogen (secondary N) is 1. The van der Waals surface area contributed by atoms with Gasteiger partial charge in [0, 0.05) is 6.42 Å². The zero-order valence-electron chi connectivity index (χ0n) is 12.1. The minimum atomic E-state index is -0.592. The molecule has 0 aromatic carbocycles. The molecule has 5 N–H and O–H groups in total. The number of hydrogen-bond acceptors (Lipinski definition) is 3. The summed E-state index contributed by atoms with van der Waals surface area (Å²) in [6.07, 6.45) is 5.89. The summed E-state index contributed by atoms with van der Waals surface area (Å²) < 4.78 is 0. The molecule has 1 saturated carbocycles. The van der Waals surface area contributed by atoms with E-state index in [2.05, 4.69) is 5.32 Å². The standard InChI is InChI=1S/C14H27N3O2/c1-10(2)12(13(16)19)17-11(18)8-14(9-15)6-4-3-5-7-14/h10,12H,3-9,15H2,1-2H3,(H2,16,19)(H,17,18). The highest BCUT2D eigenvalue weighted by Gasteiger charge is 2.34. The van der Waals surface area contributed by atoms with Crippen molar-refractivity contribution in [1.82, 2.24) is 5.32 Å². The first kappa shape index (κ1) is 16.0. The van der Waals surface area contributed by atoms with E-state index in [9.17, 15) is 9.59 Å². The first-order valence-electron chi connectivity index (χ1n) is 7.19. The molecule has 0 saturated heterocycles. The van der Waals surface area contributed by atoms with Crippen LogP contribution in [-0.2, 0) is 9.59 Å². The van der Waals surface area contributed by atoms with E-state index in [1.165, 1.54) is 6.42 Å². The van der Waals surface area contributed by atoms with Gasteiger partial charge in [-0.3, -0.25) is 9.59 Å². The van der Waals surface area contributed by atoms with Gasteiger partial charge >= 0.3 is 0 Å². The lowest BCUT2D eigenvalue weighted by atomic mass is 9.71. The van der Waals surface area contributed by atoms with Crippen LogP contribution in [-0.4, -0.2) is 24.4 Å². The second kappa shape index (κ2) is 6.89. The maximum Gasteiger partial charge on any atom is 0.240 e. The summed E-state index contributed by atoms with van der Waals surface area (Å²) in [7, 11) is 0. The van der Waals surface area contributed by atoms with Gasteiger partial charge in [0.2, 0.25) is 11.8 Å². The zero-order chi connectivity index (χ0) is 14.5. The molecule has 5 nitrogen and oxygen atoms in total. The molecule has 1 atom stereocenters. The van der Waals surface area contributed by atoms with Gasteiger partial charge in [0.05, 0.1) is 0 Å². The first-order chi connectivity index (χ1) is 8.90. The molecule has 1 fully saturated rings. The maximum absolute atomic E-state index is 12.1. The van der Waals surface area contributed by atoms with E-state index in [0.29, 0.717) is 13.0 Å². The highest BCUT2D eigenvalue weighted by Crippen LogP contribution is 2.38. The van der Waals surface area contributed by atoms with Crippen molar-refractivity contribution >= 4 is 11.8 Å². The van der Waals surface area contributed by atoms with Crippen LogP contribution in [0.25, 0.3) is 0 Å². The lowest BCUT2D eigenvalue weighted by Crippen LogP contribution is -2.49. The van der Waals surface area contributed by atoms with Crippen LogP contribution in [0.1, 0.15) is 52.4 Å². The lowest BCUT2D eigenvalue weighted by molar-refractivity contribution is -0.130. The fraction of sp³-hybridized carbons (Fsp3) is 0.857. The van der Waals surface area contributed by atoms with Crippen LogP contribution in [0.3, 0.4) is 0 Å². The van der Waals surface area contributed by atoms with Crippen LogP contribution in [0.2, 0.25) is 0 Å². The van der Waals surface area contributed by atoms with Gasteiger partial charge < -0.3 is 16.8 Å². The molecule has 5 heteroatoms. The second-order valence-electron chi connectivity index (χ2n) is 6.13. The maximum atomic E-state index is 12.1. The Kier molecular flexibility index (Phi) is 5.79. The molecular formula is C14H27N3O2. The molecular weight excluding hydrogens is 242 g/mol. The third-order valence-electron chi connectivity index (χ3n) is 4.17. The van der Waals surface area contributed by atoms with Crippen LogP contribution in [0, 0.1) is 11.3 Å². The molecule has 0 bridgehead atoms. The van der Waals surface area contributed by atoms with Crippen molar-refractivity contribution < 1.29 is 9.59 Å². The number of rotatable bonds is 6. The van der Waals surface area contributed by atoms with E-state index >= 15 is 0 Å². The zero-order valence-corrected chi connectivity index (χ0v) is 12.1. The quantitative estimate of drug-likeness (QED) is 0.668. The first-order valence-corrected chi connectivity index (χ1v) is 7.19. The van der Waals surface area contributed by atoms with E-state index < -0.39 is 11.9 Å². The fourth-order valence-electron chi connectivity index (χ4n) is 2.89. The summed E-state index contributed by atoms with van der Waals surface area (Å²) in [5.74, 6) is -0.583. The Labute approximate surface area is 115 Å². The van der Waals surface area contributed by atoms with Gasteiger partial charge in [0.25, 0.3) is 0 Å². The summed E-state index contributed by atoms with van der Waals surface area (Å²) in [6, 6.07) is -0.592. The van der Waals surface area contributed by atoms with Crippen molar-refractivity contribution in [3.63, 3.8) is 0 Å². The largest absolute Gasteiger partial charge is 0.368 e. The Morgan fingerprint density at radius 3 is 2.21 bits per heavy atom. The molecule has 1 rings (SSSR count). The third-order valence-corrected chi connectivity index (χ3v) is 4.17. The third kappa shape index (κ3) is 4.49. The lowest BCUT2D eigenvalue weighted by Gasteiger charge is -2.36. The van der Waals surface area contributed by atoms with Gasteiger partial charge in [-0.25, -0.2) is 0 Å². The summed E-state index contributed by atoms with van der Waals surface area (Å²) in [6.45, 7) is 4.27. The van der Waals surface area contributed by atoms with Crippen molar-refractivity contribution in [2.75, 3.05) is 6.54 Å². The Balaban J connectivity index is 2.59. The average molecular weight is 269 g/mol. The highest BCUT2D eigenvalue weighted by atomic mass is 16.2. The molecule has 110 valence electrons. The number of carbonyl (C=O) groups excluding carboxylic acids is 2. The van der Waals surface area contributed by atoms with E-state index in [1.54, 1.807) is 0 Å². The normalized spacial score (nSPS) is 20.0. The summed E-state index contributed by atoms with van der Waals surface area (Å²) in [4.78, 5) is 23.4. The van der Waals surface area contributed by atoms with E-state index in [-0.39, 0.29) is 17.2 Å². The van der Waals surface area contributed by atoms with E-state index in [0.717, 1.165) is 25.7 Å². The molecule has 1 unspecified atom stereocenters. The predicted octanol–water partition coefficient (Wildman–Crippen LogP) is 0.912. The number of amides is 2. The Morgan fingerprint density at radius 2 is 1.79 bits per heavy atom. The number of primary amides is 1. The monoisotopic (exact) mass is 269 g/mol. The van der Waals surface area contributed by atoms with Crippen LogP contribution < -0.4 is 16.8 Å². The number of hydrogen-bond donors (Lipinski definition) is 3. The summed E-state index contributed by atoms with van der Waals surface area (Å²) in [5.41, 5.74) is 11.1. The van der Waals surface area contributed by atoms with E-state index in [1.807, 2.05) is 13.8 Å². The molecule has 2 amide bonds. The molecule has 0 aromatic heterocycles. The van der Waals surface area contributed by atoms with Gasteiger partial charge in [-0.2, -0.15) is 0 Å². The molecule has 1 aliphatic carbocycles. The van der Waals surface area contributed by atoms with Crippen molar-refractivity contribution in [2.45, 2.75) is 58.4 Å². The summed E-state index contributed by atoms with van der Waals surface area (Å²) >= 11 is 0. The Hall–Kier alpha value is -1.10. The average Bonchev–Trinajstić information content (AvgIpc) is 2.36. The van der Waals surface area contributed by atoms with Crippen molar-refractivity contribution in [3.05, 3.63) is 0 Å². The van der Waals surface area contributed by atoms with Crippen molar-refractivity contribution in [1.29, 1.82) is 0 Å². The fourth-order valence-corrected chi connectivity index (χ4v) is 2.89. The topological polar surface area (TPSA) is 98.2 Å². The smallest absolute Gasteiger partial charge is 0.240 e. The molecule has 19 heavy (non-hydrogen) atoms. The Bertz CT molecular complexity index is 323. The van der Waals surface area contributed by atoms with E-state index in [4.69, 9.17) is 11.5 Å². The van der Waals surface area contributed by atoms with Crippen LogP contribution in [0.5, 0.6) is 0 Å². The minimum absolute atomic E-state index is 0.00151. The van der Waals surface area contributed by atoms with Gasteiger partial charge in [0.15, 0.2) is 0 Å². The molecule has 0 aromatic rings. The molecule has 0 heterocycles. The van der Waals surface area contributed by atoms with Crippen LogP contribution >= 0.6 is 0 Å². The number of nitrogens with two attached hydrogens (primary N) is 2. The summed E-state index contributed by atoms with van der Waals surface area (Å²) in [5, 5.41) is 2.75. The molecule has 0 aliphatic heterocycles. The second-order valence-corrected chi connectivity index (χ2v) is 6.13. The molecule has 1 aliphatic rings. The van der Waals surface area contributed by atoms with Crippen molar-refractivity contribution in [2.24, 2.45) is 22.8 Å².